The van der Waals surface area contributed by atoms with Crippen molar-refractivity contribution in [3.8, 4) is 0 Å². The Hall–Kier alpha value is -1.64. The number of Topliss-reactive ketones (excluding diaryl/α,β-unsaturated/α-hetero) is 1. The van der Waals surface area contributed by atoms with Crippen LogP contribution in [0.15, 0.2) is 30.3 Å². The number of hydrogen-bond donors (Lipinski definition) is 0. The monoisotopic (exact) mass is 299 g/mol. The third-order valence-corrected chi connectivity index (χ3v) is 6.12. The molecule has 0 bridgehead atoms. The molecule has 118 valence electrons. The number of carbonyl (C=O) groups is 2. The summed E-state index contributed by atoms with van der Waals surface area (Å²) in [4.78, 5) is 27.1. The van der Waals surface area contributed by atoms with Crippen LogP contribution in [0.4, 0.5) is 0 Å². The Kier molecular flexibility index (Phi) is 3.84. The maximum atomic E-state index is 13.2. The molecular formula is C19H25NO2. The van der Waals surface area contributed by atoms with Gasteiger partial charge in [-0.25, -0.2) is 0 Å². The van der Waals surface area contributed by atoms with Gasteiger partial charge in [-0.1, -0.05) is 44.2 Å². The number of carbonyl (C=O) groups excluding carboxylic acids is 2. The van der Waals surface area contributed by atoms with Crippen molar-refractivity contribution in [1.29, 1.82) is 0 Å². The molecule has 0 unspecified atom stereocenters. The largest absolute Gasteiger partial charge is 0.338 e. The van der Waals surface area contributed by atoms with Gasteiger partial charge in [0.15, 0.2) is 0 Å². The molecule has 1 aromatic carbocycles. The summed E-state index contributed by atoms with van der Waals surface area (Å²) in [6, 6.07) is 10.2. The summed E-state index contributed by atoms with van der Waals surface area (Å²) >= 11 is 0. The highest BCUT2D eigenvalue weighted by Gasteiger charge is 2.58. The Bertz CT molecular complexity index is 582. The third kappa shape index (κ3) is 2.27. The van der Waals surface area contributed by atoms with Gasteiger partial charge in [-0.05, 0) is 30.2 Å². The topological polar surface area (TPSA) is 37.4 Å². The summed E-state index contributed by atoms with van der Waals surface area (Å²) in [7, 11) is 0. The lowest BCUT2D eigenvalue weighted by atomic mass is 9.52. The van der Waals surface area contributed by atoms with E-state index in [-0.39, 0.29) is 16.7 Å². The Labute approximate surface area is 132 Å². The molecule has 1 heterocycles. The lowest BCUT2D eigenvalue weighted by Crippen LogP contribution is -2.60. The molecule has 3 nitrogen and oxygen atoms in total. The molecule has 1 aliphatic carbocycles. The van der Waals surface area contributed by atoms with E-state index in [0.717, 1.165) is 19.4 Å². The Morgan fingerprint density at radius 1 is 1.14 bits per heavy atom. The van der Waals surface area contributed by atoms with Crippen molar-refractivity contribution in [2.24, 2.45) is 10.8 Å². The van der Waals surface area contributed by atoms with E-state index >= 15 is 0 Å². The van der Waals surface area contributed by atoms with Crippen LogP contribution in [0.25, 0.3) is 0 Å². The molecule has 0 aromatic heterocycles. The number of fused-ring (bicyclic) bond motifs is 1. The summed E-state index contributed by atoms with van der Waals surface area (Å²) in [6.07, 6.45) is 3.72. The van der Waals surface area contributed by atoms with E-state index in [1.807, 2.05) is 23.1 Å². The van der Waals surface area contributed by atoms with Crippen LogP contribution in [0.2, 0.25) is 0 Å². The highest BCUT2D eigenvalue weighted by molar-refractivity contribution is 5.89. The molecule has 2 atom stereocenters. The van der Waals surface area contributed by atoms with Crippen molar-refractivity contribution in [3.63, 3.8) is 0 Å². The highest BCUT2D eigenvalue weighted by Crippen LogP contribution is 2.57. The predicted molar refractivity (Wildman–Crippen MR) is 86.2 cm³/mol. The second-order valence-corrected chi connectivity index (χ2v) is 7.14. The van der Waals surface area contributed by atoms with Crippen molar-refractivity contribution >= 4 is 11.7 Å². The number of ketones is 1. The van der Waals surface area contributed by atoms with Gasteiger partial charge in [0.25, 0.3) is 0 Å². The second-order valence-electron chi connectivity index (χ2n) is 7.14. The first kappa shape index (κ1) is 15.3. The third-order valence-electron chi connectivity index (χ3n) is 6.12. The number of piperidine rings is 1. The summed E-state index contributed by atoms with van der Waals surface area (Å²) < 4.78 is 0. The van der Waals surface area contributed by atoms with Crippen LogP contribution in [-0.2, 0) is 16.1 Å². The normalized spacial score (nSPS) is 32.0. The summed E-state index contributed by atoms with van der Waals surface area (Å²) in [5, 5.41) is 0. The maximum absolute atomic E-state index is 13.2. The van der Waals surface area contributed by atoms with Gasteiger partial charge in [0.1, 0.15) is 5.78 Å². The number of amides is 1. The zero-order chi connectivity index (χ0) is 15.8. The minimum absolute atomic E-state index is 0.118. The number of hydrogen-bond acceptors (Lipinski definition) is 2. The fourth-order valence-electron chi connectivity index (χ4n) is 4.46. The molecule has 0 N–H and O–H groups in total. The number of rotatable bonds is 3. The summed E-state index contributed by atoms with van der Waals surface area (Å²) in [5.41, 5.74) is 0.685. The zero-order valence-electron chi connectivity index (χ0n) is 13.6. The Balaban J connectivity index is 1.86. The molecule has 1 aliphatic heterocycles. The van der Waals surface area contributed by atoms with Gasteiger partial charge >= 0.3 is 0 Å². The van der Waals surface area contributed by atoms with Gasteiger partial charge in [0.2, 0.25) is 5.91 Å². The molecule has 3 rings (SSSR count). The van der Waals surface area contributed by atoms with Crippen LogP contribution in [0, 0.1) is 10.8 Å². The molecule has 2 aliphatic rings. The van der Waals surface area contributed by atoms with Gasteiger partial charge in [0.05, 0.1) is 5.41 Å². The average molecular weight is 299 g/mol. The molecule has 22 heavy (non-hydrogen) atoms. The van der Waals surface area contributed by atoms with E-state index in [1.54, 1.807) is 0 Å². The summed E-state index contributed by atoms with van der Waals surface area (Å²) in [6.45, 7) is 5.69. The zero-order valence-corrected chi connectivity index (χ0v) is 13.6. The first-order valence-electron chi connectivity index (χ1n) is 8.36. The van der Waals surface area contributed by atoms with E-state index in [0.29, 0.717) is 31.6 Å². The van der Waals surface area contributed by atoms with Crippen molar-refractivity contribution < 1.29 is 9.59 Å². The SMILES string of the molecule is CC[C@]12CCN(Cc3ccccc3)C(=O)[C@@]1(C)CCC(=O)C2. The van der Waals surface area contributed by atoms with Crippen molar-refractivity contribution in [2.75, 3.05) is 6.54 Å². The fourth-order valence-corrected chi connectivity index (χ4v) is 4.46. The molecule has 2 fully saturated rings. The molecule has 1 saturated heterocycles. The van der Waals surface area contributed by atoms with Gasteiger partial charge in [0, 0.05) is 25.9 Å². The molecular weight excluding hydrogens is 274 g/mol. The Morgan fingerprint density at radius 3 is 2.55 bits per heavy atom. The van der Waals surface area contributed by atoms with Gasteiger partial charge in [-0.3, -0.25) is 9.59 Å². The van der Waals surface area contributed by atoms with Crippen LogP contribution in [0.1, 0.15) is 51.5 Å². The Morgan fingerprint density at radius 2 is 1.86 bits per heavy atom. The van der Waals surface area contributed by atoms with Crippen LogP contribution >= 0.6 is 0 Å². The summed E-state index contributed by atoms with van der Waals surface area (Å²) in [5.74, 6) is 0.584. The number of benzene rings is 1. The standard InChI is InChI=1S/C19H25NO2/c1-3-19-11-12-20(14-15-7-5-4-6-8-15)17(22)18(19,2)10-9-16(21)13-19/h4-8H,3,9-14H2,1-2H3/t18-,19-/m1/s1. The molecule has 0 radical (unpaired) electrons. The second kappa shape index (κ2) is 5.53. The van der Waals surface area contributed by atoms with Gasteiger partial charge in [-0.15, -0.1) is 0 Å². The fraction of sp³-hybridized carbons (Fsp3) is 0.579. The molecule has 1 saturated carbocycles. The van der Waals surface area contributed by atoms with E-state index in [2.05, 4.69) is 26.0 Å². The number of likely N-dealkylation sites (tertiary alicyclic amines) is 1. The van der Waals surface area contributed by atoms with E-state index in [4.69, 9.17) is 0 Å². The first-order valence-corrected chi connectivity index (χ1v) is 8.36. The van der Waals surface area contributed by atoms with Crippen LogP contribution in [-0.4, -0.2) is 23.1 Å². The number of nitrogens with zero attached hydrogens (tertiary/aromatic N) is 1. The van der Waals surface area contributed by atoms with E-state index in [9.17, 15) is 9.59 Å². The first-order chi connectivity index (χ1) is 10.5. The minimum Gasteiger partial charge on any atom is -0.338 e. The lowest BCUT2D eigenvalue weighted by Gasteiger charge is -2.55. The molecule has 1 aromatic rings. The van der Waals surface area contributed by atoms with Gasteiger partial charge in [-0.2, -0.15) is 0 Å². The van der Waals surface area contributed by atoms with Crippen LogP contribution < -0.4 is 0 Å². The van der Waals surface area contributed by atoms with E-state index < -0.39 is 0 Å². The van der Waals surface area contributed by atoms with Crippen LogP contribution in [0.3, 0.4) is 0 Å². The lowest BCUT2D eigenvalue weighted by molar-refractivity contribution is -0.167. The maximum Gasteiger partial charge on any atom is 0.229 e. The van der Waals surface area contributed by atoms with Crippen molar-refractivity contribution in [1.82, 2.24) is 4.90 Å². The minimum atomic E-state index is -0.372. The average Bonchev–Trinajstić information content (AvgIpc) is 2.54. The predicted octanol–water partition coefficient (Wildman–Crippen LogP) is 3.57. The molecule has 0 spiro atoms. The van der Waals surface area contributed by atoms with Crippen molar-refractivity contribution in [3.05, 3.63) is 35.9 Å². The quantitative estimate of drug-likeness (QED) is 0.855. The smallest absolute Gasteiger partial charge is 0.229 e. The van der Waals surface area contributed by atoms with Crippen molar-refractivity contribution in [2.45, 2.75) is 52.5 Å². The van der Waals surface area contributed by atoms with Crippen LogP contribution in [0.5, 0.6) is 0 Å². The molecule has 3 heteroatoms. The van der Waals surface area contributed by atoms with Gasteiger partial charge < -0.3 is 4.90 Å². The van der Waals surface area contributed by atoms with E-state index in [1.165, 1.54) is 5.56 Å². The highest BCUT2D eigenvalue weighted by atomic mass is 16.2. The molecule has 1 amide bonds.